The van der Waals surface area contributed by atoms with Gasteiger partial charge in [-0.3, -0.25) is 14.7 Å². The van der Waals surface area contributed by atoms with Crippen molar-refractivity contribution in [3.05, 3.63) is 88.8 Å². The second kappa shape index (κ2) is 17.8. The van der Waals surface area contributed by atoms with Gasteiger partial charge in [-0.05, 0) is 55.7 Å². The zero-order chi connectivity index (χ0) is 34.6. The van der Waals surface area contributed by atoms with E-state index in [-0.39, 0.29) is 35.2 Å². The van der Waals surface area contributed by atoms with Gasteiger partial charge in [-0.25, -0.2) is 29.3 Å². The molecule has 1 aliphatic heterocycles. The molecule has 0 aliphatic carbocycles. The fourth-order valence-electron chi connectivity index (χ4n) is 6.33. The molecule has 0 bridgehead atoms. The van der Waals surface area contributed by atoms with E-state index in [9.17, 15) is 14.4 Å². The van der Waals surface area contributed by atoms with Crippen molar-refractivity contribution in [3.8, 4) is 0 Å². The molecule has 1 saturated heterocycles. The first-order chi connectivity index (χ1) is 23.2. The molecule has 1 aliphatic rings. The highest BCUT2D eigenvalue weighted by atomic mass is 16.5. The van der Waals surface area contributed by atoms with Crippen LogP contribution in [-0.2, 0) is 33.8 Å². The van der Waals surface area contributed by atoms with Crippen LogP contribution < -0.4 is 0 Å². The fraction of sp³-hybridized carbons (Fsp3) is 0.500. The molecule has 0 unspecified atom stereocenters. The molecule has 258 valence electrons. The number of esters is 3. The Morgan fingerprint density at radius 1 is 0.542 bits per heavy atom. The molecule has 0 radical (unpaired) electrons. The normalized spacial score (nSPS) is 19.5. The van der Waals surface area contributed by atoms with Crippen molar-refractivity contribution in [1.82, 2.24) is 29.7 Å². The maximum absolute atomic E-state index is 12.3. The number of methoxy groups -OCH3 is 3. The summed E-state index contributed by atoms with van der Waals surface area (Å²) in [6.07, 6.45) is 2.66. The minimum Gasteiger partial charge on any atom is -0.464 e. The van der Waals surface area contributed by atoms with Crippen LogP contribution in [0.5, 0.6) is 0 Å². The summed E-state index contributed by atoms with van der Waals surface area (Å²) in [5, 5.41) is 0. The molecule has 3 aromatic rings. The first-order valence-corrected chi connectivity index (χ1v) is 16.6. The van der Waals surface area contributed by atoms with Crippen molar-refractivity contribution in [1.29, 1.82) is 0 Å². The topological polar surface area (TPSA) is 127 Å². The van der Waals surface area contributed by atoms with Crippen LogP contribution in [0.25, 0.3) is 0 Å². The molecule has 48 heavy (non-hydrogen) atoms. The van der Waals surface area contributed by atoms with E-state index < -0.39 is 17.9 Å². The summed E-state index contributed by atoms with van der Waals surface area (Å²) in [5.41, 5.74) is 3.20. The van der Waals surface area contributed by atoms with Gasteiger partial charge in [-0.2, -0.15) is 0 Å². The van der Waals surface area contributed by atoms with Gasteiger partial charge in [0, 0.05) is 57.4 Å². The molecule has 0 amide bonds. The lowest BCUT2D eigenvalue weighted by molar-refractivity contribution is 0.0583. The summed E-state index contributed by atoms with van der Waals surface area (Å²) >= 11 is 0. The second-order valence-electron chi connectivity index (χ2n) is 12.0. The van der Waals surface area contributed by atoms with Gasteiger partial charge in [0.25, 0.3) is 0 Å². The molecule has 0 aromatic carbocycles. The third-order valence-electron chi connectivity index (χ3n) is 9.00. The maximum Gasteiger partial charge on any atom is 0.356 e. The molecule has 0 N–H and O–H groups in total. The number of carbonyl (C=O) groups excluding carboxylic acids is 3. The van der Waals surface area contributed by atoms with Gasteiger partial charge in [0.2, 0.25) is 0 Å². The molecule has 12 heteroatoms. The standard InChI is InChI=1S/C36H48N6O6/c1-7-28-22-41(20-26-14-11-17-32(38-26)35(44)47-5)30(9-3)24-42(21-27-15-12-18-33(39-27)36(45)48-6)29(8-2)23-40(28)19-25-13-10-16-31(37-25)34(43)46-4/h10-18,28-30H,7-9,19-24H2,1-6H3/t28-,29-,30-/m0/s1. The quantitative estimate of drug-likeness (QED) is 0.202. The molecular weight excluding hydrogens is 612 g/mol. The van der Waals surface area contributed by atoms with Crippen LogP contribution in [-0.4, -0.2) is 107 Å². The van der Waals surface area contributed by atoms with Crippen molar-refractivity contribution in [2.24, 2.45) is 0 Å². The zero-order valence-corrected chi connectivity index (χ0v) is 28.9. The lowest BCUT2D eigenvalue weighted by Gasteiger charge is -2.37. The molecule has 12 nitrogen and oxygen atoms in total. The smallest absolute Gasteiger partial charge is 0.356 e. The van der Waals surface area contributed by atoms with Crippen LogP contribution in [0.15, 0.2) is 54.6 Å². The Balaban J connectivity index is 1.75. The Kier molecular flexibility index (Phi) is 13.5. The molecule has 1 fully saturated rings. The third kappa shape index (κ3) is 9.42. The highest BCUT2D eigenvalue weighted by Crippen LogP contribution is 2.24. The van der Waals surface area contributed by atoms with Gasteiger partial charge in [-0.15, -0.1) is 0 Å². The minimum absolute atomic E-state index is 0.154. The van der Waals surface area contributed by atoms with Crippen LogP contribution in [0, 0.1) is 0 Å². The zero-order valence-electron chi connectivity index (χ0n) is 28.9. The predicted molar refractivity (Wildman–Crippen MR) is 180 cm³/mol. The van der Waals surface area contributed by atoms with Gasteiger partial charge in [0.05, 0.1) is 38.4 Å². The predicted octanol–water partition coefficient (Wildman–Crippen LogP) is 4.39. The van der Waals surface area contributed by atoms with E-state index in [4.69, 9.17) is 14.2 Å². The van der Waals surface area contributed by atoms with Gasteiger partial charge >= 0.3 is 17.9 Å². The van der Waals surface area contributed by atoms with Crippen molar-refractivity contribution < 1.29 is 28.6 Å². The number of rotatable bonds is 12. The summed E-state index contributed by atoms with van der Waals surface area (Å²) in [7, 11) is 4.07. The Hall–Kier alpha value is -4.26. The van der Waals surface area contributed by atoms with Crippen LogP contribution >= 0.6 is 0 Å². The summed E-state index contributed by atoms with van der Waals surface area (Å²) < 4.78 is 14.8. The number of hydrogen-bond acceptors (Lipinski definition) is 12. The van der Waals surface area contributed by atoms with Gasteiger partial charge in [-0.1, -0.05) is 39.0 Å². The van der Waals surface area contributed by atoms with Crippen LogP contribution in [0.1, 0.15) is 88.6 Å². The lowest BCUT2D eigenvalue weighted by Crippen LogP contribution is -2.47. The van der Waals surface area contributed by atoms with Crippen LogP contribution in [0.3, 0.4) is 0 Å². The van der Waals surface area contributed by atoms with E-state index in [0.717, 1.165) is 56.0 Å². The number of carbonyl (C=O) groups is 3. The monoisotopic (exact) mass is 660 g/mol. The van der Waals surface area contributed by atoms with Gasteiger partial charge in [0.1, 0.15) is 17.1 Å². The maximum atomic E-state index is 12.3. The number of pyridine rings is 3. The van der Waals surface area contributed by atoms with Crippen LogP contribution in [0.4, 0.5) is 0 Å². The van der Waals surface area contributed by atoms with Crippen molar-refractivity contribution >= 4 is 17.9 Å². The highest BCUT2D eigenvalue weighted by molar-refractivity contribution is 5.87. The average molecular weight is 661 g/mol. The number of nitrogens with zero attached hydrogens (tertiary/aromatic N) is 6. The van der Waals surface area contributed by atoms with Gasteiger partial charge < -0.3 is 14.2 Å². The van der Waals surface area contributed by atoms with E-state index in [1.54, 1.807) is 18.2 Å². The molecule has 3 aromatic heterocycles. The molecule has 4 heterocycles. The first-order valence-electron chi connectivity index (χ1n) is 16.6. The summed E-state index contributed by atoms with van der Waals surface area (Å²) in [4.78, 5) is 58.3. The molecule has 3 atom stereocenters. The van der Waals surface area contributed by atoms with Crippen molar-refractivity contribution in [2.45, 2.75) is 77.8 Å². The van der Waals surface area contributed by atoms with E-state index in [1.807, 2.05) is 36.4 Å². The highest BCUT2D eigenvalue weighted by Gasteiger charge is 2.33. The number of hydrogen-bond donors (Lipinski definition) is 0. The Morgan fingerprint density at radius 2 is 0.812 bits per heavy atom. The Bertz CT molecular complexity index is 1360. The van der Waals surface area contributed by atoms with Crippen molar-refractivity contribution in [3.63, 3.8) is 0 Å². The SMILES string of the molecule is CC[C@H]1CN(Cc2cccc(C(=O)OC)n2)[C@@H](CC)CN(Cc2cccc(C(=O)OC)n2)[C@@H](CC)CN1Cc1cccc(C(=O)OC)n1. The van der Waals surface area contributed by atoms with E-state index in [1.165, 1.54) is 21.3 Å². The number of aromatic nitrogens is 3. The summed E-state index contributed by atoms with van der Waals surface area (Å²) in [6.45, 7) is 10.5. The third-order valence-corrected chi connectivity index (χ3v) is 9.00. The largest absolute Gasteiger partial charge is 0.464 e. The molecule has 0 spiro atoms. The molecule has 4 rings (SSSR count). The van der Waals surface area contributed by atoms with Crippen LogP contribution in [0.2, 0.25) is 0 Å². The summed E-state index contributed by atoms with van der Waals surface area (Å²) in [6, 6.07) is 16.8. The molecular formula is C36H48N6O6. The first kappa shape index (κ1) is 36.6. The number of ether oxygens (including phenoxy) is 3. The second-order valence-corrected chi connectivity index (χ2v) is 12.0. The Labute approximate surface area is 283 Å². The summed E-state index contributed by atoms with van der Waals surface area (Å²) in [5.74, 6) is -1.40. The van der Waals surface area contributed by atoms with Gasteiger partial charge in [0.15, 0.2) is 0 Å². The fourth-order valence-corrected chi connectivity index (χ4v) is 6.33. The Morgan fingerprint density at radius 3 is 1.04 bits per heavy atom. The molecule has 0 saturated carbocycles. The van der Waals surface area contributed by atoms with Crippen molar-refractivity contribution in [2.75, 3.05) is 41.0 Å². The lowest BCUT2D eigenvalue weighted by atomic mass is 10.1. The average Bonchev–Trinajstić information content (AvgIpc) is 3.17. The van der Waals surface area contributed by atoms with E-state index in [0.29, 0.717) is 19.6 Å². The van der Waals surface area contributed by atoms with E-state index in [2.05, 4.69) is 50.4 Å². The minimum atomic E-state index is -0.466. The van der Waals surface area contributed by atoms with E-state index >= 15 is 0 Å².